The molecule has 6 rings (SSSR count). The Labute approximate surface area is 210 Å². The van der Waals surface area contributed by atoms with E-state index in [1.54, 1.807) is 5.57 Å². The first-order valence-corrected chi connectivity index (χ1v) is 15.1. The Hall–Kier alpha value is -0.720. The average Bonchev–Trinajstić information content (AvgIpc) is 2.75. The second kappa shape index (κ2) is 7.89. The summed E-state index contributed by atoms with van der Waals surface area (Å²) in [6.07, 6.45) is 22.4. The van der Waals surface area contributed by atoms with Crippen LogP contribution in [0.2, 0.25) is 0 Å². The Morgan fingerprint density at radius 1 is 0.853 bits per heavy atom. The predicted octanol–water partition coefficient (Wildman–Crippen LogP) is 9.48. The molecule has 1 heteroatoms. The van der Waals surface area contributed by atoms with Gasteiger partial charge in [-0.05, 0) is 128 Å². The Morgan fingerprint density at radius 2 is 1.65 bits per heavy atom. The second-order valence-corrected chi connectivity index (χ2v) is 15.2. The monoisotopic (exact) mass is 464 g/mol. The van der Waals surface area contributed by atoms with E-state index in [2.05, 4.69) is 40.7 Å². The normalized spacial score (nSPS) is 49.4. The number of ether oxygens (including phenoxy) is 1. The Morgan fingerprint density at radius 3 is 2.35 bits per heavy atom. The molecule has 5 fully saturated rings. The Bertz CT molecular complexity index is 886. The Balaban J connectivity index is 1.41. The van der Waals surface area contributed by atoms with Crippen molar-refractivity contribution in [3.8, 4) is 0 Å². The van der Waals surface area contributed by atoms with Gasteiger partial charge in [0.25, 0.3) is 0 Å². The highest BCUT2D eigenvalue weighted by atomic mass is 16.5. The zero-order valence-electron chi connectivity index (χ0n) is 23.3. The molecule has 0 bridgehead atoms. The summed E-state index contributed by atoms with van der Waals surface area (Å²) in [5.74, 6) is 5.79. The minimum absolute atomic E-state index is 0.298. The van der Waals surface area contributed by atoms with Gasteiger partial charge < -0.3 is 4.74 Å². The lowest BCUT2D eigenvalue weighted by Crippen LogP contribution is -2.58. The van der Waals surface area contributed by atoms with Crippen molar-refractivity contribution in [2.75, 3.05) is 7.11 Å². The molecule has 0 aromatic carbocycles. The lowest BCUT2D eigenvalue weighted by Gasteiger charge is -2.66. The number of allylic oxidation sites excluding steroid dienone is 4. The smallest absolute Gasteiger partial charge is 0.101 e. The molecule has 0 aliphatic heterocycles. The van der Waals surface area contributed by atoms with Crippen LogP contribution in [0.25, 0.3) is 0 Å². The summed E-state index contributed by atoms with van der Waals surface area (Å²) in [7, 11) is 2.00. The van der Waals surface area contributed by atoms with Crippen molar-refractivity contribution in [2.24, 2.45) is 51.2 Å². The third-order valence-electron chi connectivity index (χ3n) is 13.2. The summed E-state index contributed by atoms with van der Waals surface area (Å²) in [4.78, 5) is 0. The van der Waals surface area contributed by atoms with Crippen molar-refractivity contribution < 1.29 is 4.74 Å². The highest BCUT2D eigenvalue weighted by molar-refractivity contribution is 5.35. The van der Waals surface area contributed by atoms with Gasteiger partial charge in [-0.25, -0.2) is 0 Å². The third kappa shape index (κ3) is 3.16. The summed E-state index contributed by atoms with van der Waals surface area (Å²) in [5.41, 5.74) is 5.41. The van der Waals surface area contributed by atoms with Gasteiger partial charge in [0.15, 0.2) is 0 Å². The van der Waals surface area contributed by atoms with Gasteiger partial charge in [-0.1, -0.05) is 59.1 Å². The van der Waals surface area contributed by atoms with Crippen molar-refractivity contribution in [3.63, 3.8) is 0 Å². The molecule has 8 atom stereocenters. The van der Waals surface area contributed by atoms with Crippen LogP contribution in [0.4, 0.5) is 0 Å². The summed E-state index contributed by atoms with van der Waals surface area (Å²) in [5, 5.41) is 0. The van der Waals surface area contributed by atoms with E-state index in [-0.39, 0.29) is 0 Å². The van der Waals surface area contributed by atoms with E-state index in [0.29, 0.717) is 27.6 Å². The maximum Gasteiger partial charge on any atom is 0.101 e. The molecule has 8 unspecified atom stereocenters. The van der Waals surface area contributed by atoms with Gasteiger partial charge in [0, 0.05) is 5.41 Å². The molecule has 0 spiro atoms. The molecule has 0 N–H and O–H groups in total. The largest absolute Gasteiger partial charge is 0.501 e. The van der Waals surface area contributed by atoms with Crippen LogP contribution in [0.3, 0.4) is 0 Å². The number of hydrogen-bond donors (Lipinski definition) is 0. The van der Waals surface area contributed by atoms with Crippen LogP contribution in [-0.4, -0.2) is 7.11 Å². The number of methoxy groups -OCH3 is 1. The van der Waals surface area contributed by atoms with Crippen LogP contribution in [-0.2, 0) is 4.74 Å². The average molecular weight is 465 g/mol. The fourth-order valence-corrected chi connectivity index (χ4v) is 11.3. The maximum atomic E-state index is 6.38. The SMILES string of the molecule is COC(=C1CCC1)C12CCC3C(=CCC4C3(C)CCC3C(C)CCCC34C)C1CC(C)(C)CC2. The van der Waals surface area contributed by atoms with Crippen LogP contribution >= 0.6 is 0 Å². The fourth-order valence-electron chi connectivity index (χ4n) is 11.3. The predicted molar refractivity (Wildman–Crippen MR) is 142 cm³/mol. The van der Waals surface area contributed by atoms with Gasteiger partial charge in [0.1, 0.15) is 5.76 Å². The van der Waals surface area contributed by atoms with Crippen molar-refractivity contribution in [2.45, 2.75) is 125 Å². The molecule has 0 amide bonds. The van der Waals surface area contributed by atoms with Gasteiger partial charge in [-0.3, -0.25) is 0 Å². The molecule has 1 nitrogen and oxygen atoms in total. The number of hydrogen-bond acceptors (Lipinski definition) is 1. The molecule has 0 saturated heterocycles. The van der Waals surface area contributed by atoms with Crippen LogP contribution in [0.1, 0.15) is 125 Å². The number of rotatable bonds is 2. The van der Waals surface area contributed by atoms with Crippen molar-refractivity contribution >= 4 is 0 Å². The quantitative estimate of drug-likeness (QED) is 0.292. The number of fused-ring (bicyclic) bond motifs is 7. The first kappa shape index (κ1) is 23.7. The van der Waals surface area contributed by atoms with Gasteiger partial charge in [-0.15, -0.1) is 0 Å². The molecule has 0 aromatic heterocycles. The highest BCUT2D eigenvalue weighted by Gasteiger charge is 2.63. The van der Waals surface area contributed by atoms with Crippen molar-refractivity contribution in [3.05, 3.63) is 23.0 Å². The summed E-state index contributed by atoms with van der Waals surface area (Å²) in [6, 6.07) is 0. The van der Waals surface area contributed by atoms with Crippen LogP contribution in [0, 0.1) is 51.2 Å². The molecule has 0 aromatic rings. The molecule has 0 radical (unpaired) electrons. The topological polar surface area (TPSA) is 9.23 Å². The molecule has 190 valence electrons. The molecule has 6 aliphatic carbocycles. The van der Waals surface area contributed by atoms with E-state index in [1.807, 2.05) is 12.7 Å². The zero-order valence-corrected chi connectivity index (χ0v) is 23.3. The molecule has 0 heterocycles. The molecule has 5 saturated carbocycles. The van der Waals surface area contributed by atoms with Crippen LogP contribution in [0.5, 0.6) is 0 Å². The van der Waals surface area contributed by atoms with E-state index in [1.165, 1.54) is 95.7 Å². The van der Waals surface area contributed by atoms with E-state index >= 15 is 0 Å². The molecule has 6 aliphatic rings. The van der Waals surface area contributed by atoms with Gasteiger partial charge >= 0.3 is 0 Å². The van der Waals surface area contributed by atoms with E-state index < -0.39 is 0 Å². The van der Waals surface area contributed by atoms with Crippen LogP contribution in [0.15, 0.2) is 23.0 Å². The summed E-state index contributed by atoms with van der Waals surface area (Å²) < 4.78 is 6.38. The summed E-state index contributed by atoms with van der Waals surface area (Å²) in [6.45, 7) is 13.2. The zero-order chi connectivity index (χ0) is 23.9. The summed E-state index contributed by atoms with van der Waals surface area (Å²) >= 11 is 0. The van der Waals surface area contributed by atoms with Crippen molar-refractivity contribution in [1.82, 2.24) is 0 Å². The maximum absolute atomic E-state index is 6.38. The van der Waals surface area contributed by atoms with Crippen molar-refractivity contribution in [1.29, 1.82) is 0 Å². The van der Waals surface area contributed by atoms with E-state index in [4.69, 9.17) is 4.74 Å². The van der Waals surface area contributed by atoms with Gasteiger partial charge in [0.2, 0.25) is 0 Å². The van der Waals surface area contributed by atoms with E-state index in [9.17, 15) is 0 Å². The fraction of sp³-hybridized carbons (Fsp3) is 0.879. The highest BCUT2D eigenvalue weighted by Crippen LogP contribution is 2.72. The molecular formula is C33H52O. The second-order valence-electron chi connectivity index (χ2n) is 15.2. The first-order valence-electron chi connectivity index (χ1n) is 15.1. The third-order valence-corrected chi connectivity index (χ3v) is 13.2. The van der Waals surface area contributed by atoms with E-state index in [0.717, 1.165) is 23.7 Å². The minimum atomic E-state index is 0.298. The lowest BCUT2D eigenvalue weighted by atomic mass is 9.38. The van der Waals surface area contributed by atoms with Gasteiger partial charge in [-0.2, -0.15) is 0 Å². The lowest BCUT2D eigenvalue weighted by molar-refractivity contribution is -0.135. The molecule has 34 heavy (non-hydrogen) atoms. The first-order chi connectivity index (χ1) is 16.1. The van der Waals surface area contributed by atoms with Gasteiger partial charge in [0.05, 0.1) is 7.11 Å². The standard InChI is InChI=1S/C33H52O/c1-22-9-8-16-31(4)25(22)14-17-32(5)26-15-18-33(29(34-6)23-10-7-11-23)20-19-30(2,3)21-27(33)24(26)12-13-28(31)32/h12,22,25-28H,7-11,13-21H2,1-6H3. The Kier molecular flexibility index (Phi) is 5.49. The molecular weight excluding hydrogens is 412 g/mol. The minimum Gasteiger partial charge on any atom is -0.501 e. The van der Waals surface area contributed by atoms with Crippen LogP contribution < -0.4 is 0 Å².